The van der Waals surface area contributed by atoms with Gasteiger partial charge in [0.1, 0.15) is 0 Å². The van der Waals surface area contributed by atoms with Crippen LogP contribution >= 0.6 is 0 Å². The summed E-state index contributed by atoms with van der Waals surface area (Å²) in [7, 11) is 0. The minimum absolute atomic E-state index is 1.19. The summed E-state index contributed by atoms with van der Waals surface area (Å²) in [5.74, 6) is 0. The average Bonchev–Trinajstić information content (AvgIpc) is 3.70. The molecule has 0 aliphatic heterocycles. The van der Waals surface area contributed by atoms with Crippen LogP contribution in [0, 0.1) is 0 Å². The van der Waals surface area contributed by atoms with E-state index >= 15 is 0 Å². The smallest absolute Gasteiger partial charge is 0.000719 e. The van der Waals surface area contributed by atoms with Gasteiger partial charge in [-0.2, -0.15) is 0 Å². The zero-order chi connectivity index (χ0) is 42.1. The van der Waals surface area contributed by atoms with Crippen LogP contribution in [0.25, 0.3) is 132 Å². The Morgan fingerprint density at radius 3 is 1.02 bits per heavy atom. The Balaban J connectivity index is 1.09. The molecule has 0 saturated heterocycles. The zero-order valence-electron chi connectivity index (χ0n) is 35.1. The van der Waals surface area contributed by atoms with Crippen molar-refractivity contribution in [2.45, 2.75) is 0 Å². The lowest BCUT2D eigenvalue weighted by Crippen LogP contribution is -1.95. The number of rotatable bonds is 6. The fourth-order valence-electron chi connectivity index (χ4n) is 11.0. The van der Waals surface area contributed by atoms with Crippen LogP contribution in [-0.2, 0) is 0 Å². The van der Waals surface area contributed by atoms with Crippen molar-refractivity contribution in [1.29, 1.82) is 0 Å². The van der Waals surface area contributed by atoms with Gasteiger partial charge in [-0.15, -0.1) is 0 Å². The molecule has 0 saturated carbocycles. The van der Waals surface area contributed by atoms with Crippen LogP contribution in [0.4, 0.5) is 0 Å². The molecule has 0 spiro atoms. The first kappa shape index (κ1) is 36.3. The van der Waals surface area contributed by atoms with E-state index in [-0.39, 0.29) is 0 Å². The third-order valence-corrected chi connectivity index (χ3v) is 13.6. The lowest BCUT2D eigenvalue weighted by atomic mass is 9.80. The molecule has 1 aliphatic rings. The third-order valence-electron chi connectivity index (χ3n) is 13.6. The molecule has 0 heteroatoms. The molecule has 13 rings (SSSR count). The summed E-state index contributed by atoms with van der Waals surface area (Å²) in [6.45, 7) is 0. The van der Waals surface area contributed by atoms with Crippen LogP contribution in [0.5, 0.6) is 0 Å². The summed E-state index contributed by atoms with van der Waals surface area (Å²) in [4.78, 5) is 0. The van der Waals surface area contributed by atoms with Crippen LogP contribution in [0.3, 0.4) is 0 Å². The van der Waals surface area contributed by atoms with Crippen molar-refractivity contribution in [3.05, 3.63) is 243 Å². The van der Waals surface area contributed by atoms with Gasteiger partial charge in [0.25, 0.3) is 0 Å². The largest absolute Gasteiger partial charge is 0.0622 e. The van der Waals surface area contributed by atoms with Gasteiger partial charge < -0.3 is 0 Å². The molecule has 1 aliphatic carbocycles. The van der Waals surface area contributed by atoms with Gasteiger partial charge in [-0.05, 0) is 132 Å². The molecule has 0 amide bonds. The van der Waals surface area contributed by atoms with Gasteiger partial charge in [0, 0.05) is 0 Å². The number of fused-ring (bicyclic) bond motifs is 6. The molecular weight excluding hydrogens is 769 g/mol. The Kier molecular flexibility index (Phi) is 8.32. The van der Waals surface area contributed by atoms with Crippen LogP contribution in [0.15, 0.2) is 243 Å². The SMILES string of the molecule is c1ccc(-c2c3c(c(-c4ccccc4)c4c(-c5ccc(-c6cccc7c(-c8ccccc8)c8ccccc8c(-c8ccccc8)c67)cc5)cccc24)-c2cccc4cccc-3c24)cc1. The van der Waals surface area contributed by atoms with Crippen LogP contribution in [0.1, 0.15) is 0 Å². The van der Waals surface area contributed by atoms with E-state index in [1.54, 1.807) is 0 Å². The van der Waals surface area contributed by atoms with Crippen molar-refractivity contribution < 1.29 is 0 Å². The van der Waals surface area contributed by atoms with Crippen LogP contribution < -0.4 is 0 Å². The molecule has 0 bridgehead atoms. The van der Waals surface area contributed by atoms with E-state index in [0.717, 1.165) is 0 Å². The highest BCUT2D eigenvalue weighted by Gasteiger charge is 2.31. The molecule has 64 heavy (non-hydrogen) atoms. The maximum absolute atomic E-state index is 2.35. The maximum atomic E-state index is 2.35. The molecule has 0 heterocycles. The fourth-order valence-corrected chi connectivity index (χ4v) is 11.0. The van der Waals surface area contributed by atoms with E-state index in [9.17, 15) is 0 Å². The summed E-state index contributed by atoms with van der Waals surface area (Å²) in [5.41, 5.74) is 20.1. The summed E-state index contributed by atoms with van der Waals surface area (Å²) in [5, 5.41) is 10.2. The van der Waals surface area contributed by atoms with E-state index in [1.165, 1.54) is 132 Å². The maximum Gasteiger partial charge on any atom is -0.000719 e. The average molecular weight is 809 g/mol. The van der Waals surface area contributed by atoms with Gasteiger partial charge in [-0.25, -0.2) is 0 Å². The molecular formula is C64H40. The molecule has 0 unspecified atom stereocenters. The highest BCUT2D eigenvalue weighted by atomic mass is 14.3. The Morgan fingerprint density at radius 1 is 0.156 bits per heavy atom. The summed E-state index contributed by atoms with van der Waals surface area (Å²) >= 11 is 0. The number of hydrogen-bond acceptors (Lipinski definition) is 0. The topological polar surface area (TPSA) is 0 Å². The highest BCUT2D eigenvalue weighted by Crippen LogP contribution is 2.59. The molecule has 12 aromatic carbocycles. The quantitative estimate of drug-likeness (QED) is 0.147. The number of hydrogen-bond donors (Lipinski definition) is 0. The lowest BCUT2D eigenvalue weighted by molar-refractivity contribution is 1.60. The van der Waals surface area contributed by atoms with E-state index in [0.29, 0.717) is 0 Å². The molecule has 0 N–H and O–H groups in total. The van der Waals surface area contributed by atoms with Gasteiger partial charge in [0.2, 0.25) is 0 Å². The van der Waals surface area contributed by atoms with Gasteiger partial charge in [0.05, 0.1) is 0 Å². The molecule has 0 atom stereocenters. The van der Waals surface area contributed by atoms with Crippen molar-refractivity contribution in [2.24, 2.45) is 0 Å². The van der Waals surface area contributed by atoms with E-state index in [4.69, 9.17) is 0 Å². The van der Waals surface area contributed by atoms with Gasteiger partial charge in [-0.1, -0.05) is 243 Å². The fraction of sp³-hybridized carbons (Fsp3) is 0. The van der Waals surface area contributed by atoms with Crippen molar-refractivity contribution in [3.63, 3.8) is 0 Å². The molecule has 12 aromatic rings. The summed E-state index contributed by atoms with van der Waals surface area (Å²) < 4.78 is 0. The molecule has 0 aromatic heterocycles. The Bertz CT molecular complexity index is 3770. The minimum atomic E-state index is 1.19. The second-order valence-electron chi connectivity index (χ2n) is 17.0. The van der Waals surface area contributed by atoms with Gasteiger partial charge in [-0.3, -0.25) is 0 Å². The van der Waals surface area contributed by atoms with E-state index in [1.807, 2.05) is 0 Å². The standard InChI is InChI=1S/C64H40/c1-5-19-43(20-6-1)56-50-29-13-14-30-51(50)58(45-21-7-2-8-22-45)61-48(31-17-35-52(56)61)41-37-39-42(40-38-41)49-32-18-36-55-59(46-23-9-3-10-24-46)63-53-33-15-27-44-28-16-34-54(57(44)53)64(63)60(62(49)55)47-25-11-4-12-26-47/h1-40H. The molecule has 0 fully saturated rings. The predicted molar refractivity (Wildman–Crippen MR) is 274 cm³/mol. The van der Waals surface area contributed by atoms with Crippen molar-refractivity contribution in [3.8, 4) is 89.0 Å². The second kappa shape index (κ2) is 14.7. The lowest BCUT2D eigenvalue weighted by Gasteiger charge is -2.23. The van der Waals surface area contributed by atoms with Crippen molar-refractivity contribution in [1.82, 2.24) is 0 Å². The Labute approximate surface area is 373 Å². The Hall–Kier alpha value is -8.32. The first-order valence-electron chi connectivity index (χ1n) is 22.3. The first-order valence-corrected chi connectivity index (χ1v) is 22.3. The molecule has 0 nitrogen and oxygen atoms in total. The van der Waals surface area contributed by atoms with Crippen molar-refractivity contribution >= 4 is 43.1 Å². The van der Waals surface area contributed by atoms with E-state index < -0.39 is 0 Å². The van der Waals surface area contributed by atoms with Gasteiger partial charge in [0.15, 0.2) is 0 Å². The van der Waals surface area contributed by atoms with Crippen LogP contribution in [-0.4, -0.2) is 0 Å². The van der Waals surface area contributed by atoms with Crippen molar-refractivity contribution in [2.75, 3.05) is 0 Å². The summed E-state index contributed by atoms with van der Waals surface area (Å²) in [6.07, 6.45) is 0. The zero-order valence-corrected chi connectivity index (χ0v) is 35.1. The number of benzene rings is 12. The van der Waals surface area contributed by atoms with E-state index in [2.05, 4.69) is 243 Å². The first-order chi connectivity index (χ1) is 31.8. The third kappa shape index (κ3) is 5.49. The monoisotopic (exact) mass is 808 g/mol. The predicted octanol–water partition coefficient (Wildman–Crippen LogP) is 17.9. The van der Waals surface area contributed by atoms with Crippen LogP contribution in [0.2, 0.25) is 0 Å². The molecule has 296 valence electrons. The second-order valence-corrected chi connectivity index (χ2v) is 17.0. The molecule has 0 radical (unpaired) electrons. The minimum Gasteiger partial charge on any atom is -0.0622 e. The summed E-state index contributed by atoms with van der Waals surface area (Å²) in [6, 6.07) is 89.7. The van der Waals surface area contributed by atoms with Gasteiger partial charge >= 0.3 is 0 Å². The highest BCUT2D eigenvalue weighted by molar-refractivity contribution is 6.29. The normalized spacial score (nSPS) is 11.8. The Morgan fingerprint density at radius 2 is 0.500 bits per heavy atom.